The van der Waals surface area contributed by atoms with E-state index in [1.165, 1.54) is 30.9 Å². The maximum absolute atomic E-state index is 7.03. The van der Waals surface area contributed by atoms with Gasteiger partial charge in [0.25, 0.3) is 0 Å². The van der Waals surface area contributed by atoms with Crippen LogP contribution in [0.15, 0.2) is 192 Å². The van der Waals surface area contributed by atoms with Gasteiger partial charge in [-0.1, -0.05) is 121 Å². The monoisotopic (exact) mass is 690 g/mol. The van der Waals surface area contributed by atoms with Gasteiger partial charge >= 0.3 is 0 Å². The van der Waals surface area contributed by atoms with E-state index in [2.05, 4.69) is 192 Å². The molecule has 0 atom stereocenters. The van der Waals surface area contributed by atoms with Crippen molar-refractivity contribution in [2.75, 3.05) is 9.80 Å². The fourth-order valence-corrected chi connectivity index (χ4v) is 9.41. The molecule has 3 nitrogen and oxygen atoms in total. The molecule has 51 heavy (non-hydrogen) atoms. The Balaban J connectivity index is 1.12. The Bertz CT molecular complexity index is 2720. The highest BCUT2D eigenvalue weighted by Gasteiger charge is 2.29. The van der Waals surface area contributed by atoms with Crippen LogP contribution < -0.4 is 14.5 Å². The topological polar surface area (TPSA) is 15.7 Å². The van der Waals surface area contributed by atoms with Gasteiger partial charge in [0, 0.05) is 42.6 Å². The van der Waals surface area contributed by atoms with Gasteiger partial charge in [-0.3, -0.25) is 0 Å². The number of rotatable bonds is 6. The van der Waals surface area contributed by atoms with Gasteiger partial charge in [0.1, 0.15) is 5.75 Å². The van der Waals surface area contributed by atoms with Crippen molar-refractivity contribution in [3.05, 3.63) is 182 Å². The molecule has 1 aliphatic heterocycles. The minimum Gasteiger partial charge on any atom is -0.453 e. The zero-order valence-electron chi connectivity index (χ0n) is 27.4. The van der Waals surface area contributed by atoms with Crippen molar-refractivity contribution in [2.45, 2.75) is 9.79 Å². The van der Waals surface area contributed by atoms with Gasteiger partial charge in [-0.15, -0.1) is 11.3 Å². The molecular weight excluding hydrogens is 661 g/mol. The second kappa shape index (κ2) is 12.4. The van der Waals surface area contributed by atoms with Crippen molar-refractivity contribution in [2.24, 2.45) is 0 Å². The first-order chi connectivity index (χ1) is 25.3. The van der Waals surface area contributed by atoms with Gasteiger partial charge in [-0.05, 0) is 78.2 Å². The molecule has 1 aliphatic rings. The summed E-state index contributed by atoms with van der Waals surface area (Å²) in [4.78, 5) is 6.84. The third kappa shape index (κ3) is 5.13. The third-order valence-electron chi connectivity index (χ3n) is 9.48. The van der Waals surface area contributed by atoms with Crippen LogP contribution in [0.2, 0.25) is 0 Å². The van der Waals surface area contributed by atoms with Gasteiger partial charge < -0.3 is 14.5 Å². The maximum atomic E-state index is 7.03. The third-order valence-corrected chi connectivity index (χ3v) is 11.8. The Labute approximate surface area is 304 Å². The van der Waals surface area contributed by atoms with Crippen LogP contribution in [0.5, 0.6) is 11.5 Å². The number of ether oxygens (including phenoxy) is 1. The zero-order valence-corrected chi connectivity index (χ0v) is 29.1. The molecular formula is C46H30N2OS2. The van der Waals surface area contributed by atoms with Crippen LogP contribution in [0.3, 0.4) is 0 Å². The first-order valence-corrected chi connectivity index (χ1v) is 18.6. The summed E-state index contributed by atoms with van der Waals surface area (Å²) in [6.07, 6.45) is 0. The van der Waals surface area contributed by atoms with Gasteiger partial charge in [0.05, 0.1) is 26.9 Å². The standard InChI is InChI=1S/C46H30N2OS2/c1-3-16-32(17-4-1)47(34-28-29-37-36-21-9-10-26-42(36)50-44(37)30-34)39-23-13-27-43-45(39)49-41-25-12-24-40(46(41)51-43)48(33-18-5-2-6-19-33)38-22-11-15-31-14-7-8-20-35(31)38/h1-30H. The summed E-state index contributed by atoms with van der Waals surface area (Å²) in [5, 5.41) is 4.98. The number of fused-ring (bicyclic) bond motifs is 6. The first-order valence-electron chi connectivity index (χ1n) is 17.0. The van der Waals surface area contributed by atoms with E-state index in [1.54, 1.807) is 11.8 Å². The number of para-hydroxylation sites is 3. The normalized spacial score (nSPS) is 12.0. The van der Waals surface area contributed by atoms with Gasteiger partial charge in [-0.2, -0.15) is 0 Å². The SMILES string of the molecule is c1ccc(N(c2ccc3c(c2)sc2ccccc23)c2cccc3c2Oc2cccc(N(c4ccccc4)c4cccc5ccccc45)c2S3)cc1. The number of nitrogens with zero attached hydrogens (tertiary/aromatic N) is 2. The summed E-state index contributed by atoms with van der Waals surface area (Å²) < 4.78 is 9.59. The molecule has 2 heterocycles. The molecule has 0 saturated heterocycles. The molecule has 9 aromatic rings. The second-order valence-electron chi connectivity index (χ2n) is 12.5. The van der Waals surface area contributed by atoms with E-state index >= 15 is 0 Å². The first kappa shape index (κ1) is 29.9. The highest BCUT2D eigenvalue weighted by atomic mass is 32.2. The Hall–Kier alpha value is -6.01. The van der Waals surface area contributed by atoms with Gasteiger partial charge in [0.2, 0.25) is 0 Å². The van der Waals surface area contributed by atoms with E-state index in [4.69, 9.17) is 4.74 Å². The smallest absolute Gasteiger partial charge is 0.165 e. The van der Waals surface area contributed by atoms with Crippen LogP contribution in [-0.2, 0) is 0 Å². The van der Waals surface area contributed by atoms with Crippen LogP contribution in [0.4, 0.5) is 34.1 Å². The number of hydrogen-bond acceptors (Lipinski definition) is 5. The van der Waals surface area contributed by atoms with Crippen molar-refractivity contribution >= 4 is 88.2 Å². The number of thiophene rings is 1. The summed E-state index contributed by atoms with van der Waals surface area (Å²) in [6.45, 7) is 0. The minimum atomic E-state index is 0.839. The van der Waals surface area contributed by atoms with E-state index in [9.17, 15) is 0 Å². The van der Waals surface area contributed by atoms with E-state index in [-0.39, 0.29) is 0 Å². The lowest BCUT2D eigenvalue weighted by molar-refractivity contribution is 0.456. The van der Waals surface area contributed by atoms with Crippen LogP contribution in [0, 0.1) is 0 Å². The van der Waals surface area contributed by atoms with Crippen LogP contribution in [0.25, 0.3) is 30.9 Å². The lowest BCUT2D eigenvalue weighted by Crippen LogP contribution is -2.14. The summed E-state index contributed by atoms with van der Waals surface area (Å²) in [6, 6.07) is 64.7. The average Bonchev–Trinajstić information content (AvgIpc) is 3.57. The number of benzene rings is 8. The molecule has 5 heteroatoms. The lowest BCUT2D eigenvalue weighted by atomic mass is 10.1. The molecule has 0 saturated carbocycles. The van der Waals surface area contributed by atoms with E-state index < -0.39 is 0 Å². The lowest BCUT2D eigenvalue weighted by Gasteiger charge is -2.33. The second-order valence-corrected chi connectivity index (χ2v) is 14.7. The molecule has 0 bridgehead atoms. The average molecular weight is 691 g/mol. The van der Waals surface area contributed by atoms with Crippen molar-refractivity contribution in [1.82, 2.24) is 0 Å². The quantitative estimate of drug-likeness (QED) is 0.172. The summed E-state index contributed by atoms with van der Waals surface area (Å²) in [5.41, 5.74) is 6.45. The van der Waals surface area contributed by atoms with Crippen molar-refractivity contribution in [3.63, 3.8) is 0 Å². The van der Waals surface area contributed by atoms with Crippen molar-refractivity contribution in [1.29, 1.82) is 0 Å². The van der Waals surface area contributed by atoms with E-state index in [1.807, 2.05) is 11.3 Å². The Morgan fingerprint density at radius 3 is 1.88 bits per heavy atom. The summed E-state index contributed by atoms with van der Waals surface area (Å²) in [7, 11) is 0. The van der Waals surface area contributed by atoms with E-state index in [0.29, 0.717) is 0 Å². The highest BCUT2D eigenvalue weighted by Crippen LogP contribution is 2.57. The molecule has 0 fully saturated rings. The molecule has 10 rings (SSSR count). The molecule has 242 valence electrons. The molecule has 0 N–H and O–H groups in total. The largest absolute Gasteiger partial charge is 0.453 e. The number of hydrogen-bond donors (Lipinski definition) is 0. The fraction of sp³-hybridized carbons (Fsp3) is 0. The molecule has 0 spiro atoms. The molecule has 8 aromatic carbocycles. The fourth-order valence-electron chi connectivity index (χ4n) is 7.19. The Kier molecular flexibility index (Phi) is 7.26. The van der Waals surface area contributed by atoms with Crippen LogP contribution >= 0.6 is 23.1 Å². The van der Waals surface area contributed by atoms with Crippen LogP contribution in [-0.4, -0.2) is 0 Å². The van der Waals surface area contributed by atoms with Crippen LogP contribution in [0.1, 0.15) is 0 Å². The molecule has 0 unspecified atom stereocenters. The zero-order chi connectivity index (χ0) is 33.7. The minimum absolute atomic E-state index is 0.839. The predicted octanol–water partition coefficient (Wildman–Crippen LogP) is 14.4. The van der Waals surface area contributed by atoms with E-state index in [0.717, 1.165) is 55.4 Å². The predicted molar refractivity (Wildman–Crippen MR) is 217 cm³/mol. The number of anilines is 6. The molecule has 0 aliphatic carbocycles. The Morgan fingerprint density at radius 1 is 0.412 bits per heavy atom. The van der Waals surface area contributed by atoms with Crippen molar-refractivity contribution in [3.8, 4) is 11.5 Å². The Morgan fingerprint density at radius 2 is 1.04 bits per heavy atom. The maximum Gasteiger partial charge on any atom is 0.165 e. The summed E-state index contributed by atoms with van der Waals surface area (Å²) in [5.74, 6) is 1.69. The van der Waals surface area contributed by atoms with Gasteiger partial charge in [0.15, 0.2) is 5.75 Å². The summed E-state index contributed by atoms with van der Waals surface area (Å²) >= 11 is 3.61. The molecule has 0 amide bonds. The molecule has 0 radical (unpaired) electrons. The van der Waals surface area contributed by atoms with Gasteiger partial charge in [-0.25, -0.2) is 0 Å². The highest BCUT2D eigenvalue weighted by molar-refractivity contribution is 7.99. The van der Waals surface area contributed by atoms with Crippen molar-refractivity contribution < 1.29 is 4.74 Å². The molecule has 1 aromatic heterocycles.